The van der Waals surface area contributed by atoms with E-state index >= 15 is 0 Å². The van der Waals surface area contributed by atoms with Gasteiger partial charge in [0.05, 0.1) is 0 Å². The van der Waals surface area contributed by atoms with E-state index in [0.717, 1.165) is 22.3 Å². The maximum absolute atomic E-state index is 13.1. The molecule has 0 saturated heterocycles. The third-order valence-corrected chi connectivity index (χ3v) is 9.02. The number of ketones is 1. The number of benzene rings is 3. The van der Waals surface area contributed by atoms with Crippen molar-refractivity contribution < 1.29 is 54.7 Å². The fourth-order valence-corrected chi connectivity index (χ4v) is 6.60. The molecule has 0 radical (unpaired) electrons. The first-order valence-corrected chi connectivity index (χ1v) is 18.3. The maximum atomic E-state index is 13.1. The summed E-state index contributed by atoms with van der Waals surface area (Å²) in [5.41, 5.74) is 4.20. The number of ether oxygens (including phenoxy) is 1. The van der Waals surface area contributed by atoms with Gasteiger partial charge in [-0.3, -0.25) is 28.3 Å². The average Bonchev–Trinajstić information content (AvgIpc) is 3.37. The van der Waals surface area contributed by atoms with Crippen molar-refractivity contribution in [3.05, 3.63) is 95.6 Å². The van der Waals surface area contributed by atoms with Gasteiger partial charge in [0.1, 0.15) is 30.2 Å². The van der Waals surface area contributed by atoms with Crippen LogP contribution in [0, 0.1) is 0 Å². The molecule has 0 bridgehead atoms. The summed E-state index contributed by atoms with van der Waals surface area (Å²) in [5.74, 6) is -7.45. The van der Waals surface area contributed by atoms with Crippen LogP contribution in [-0.2, 0) is 50.6 Å². The Labute approximate surface area is 385 Å². The fourth-order valence-electron chi connectivity index (χ4n) is 5.29. The van der Waals surface area contributed by atoms with E-state index in [0.29, 0.717) is 5.56 Å². The van der Waals surface area contributed by atoms with Crippen molar-refractivity contribution in [2.24, 2.45) is 0 Å². The number of Topliss-reactive ketones (excluding diaryl/α,β-unsaturated/α-hetero) is 1. The molecule has 0 spiro atoms. The number of carbonyl (C=O) groups excluding carboxylic acids is 5. The molecule has 0 aliphatic heterocycles. The molecule has 52 heavy (non-hydrogen) atoms. The van der Waals surface area contributed by atoms with Crippen molar-refractivity contribution in [1.29, 1.82) is 0 Å². The van der Waals surface area contributed by atoms with Crippen LogP contribution >= 0.6 is 0 Å². The van der Waals surface area contributed by atoms with Gasteiger partial charge in [0.15, 0.2) is 0 Å². The molecular weight excluding hydrogens is 775 g/mol. The molecule has 0 aromatic heterocycles. The summed E-state index contributed by atoms with van der Waals surface area (Å²) >= 11 is 0. The number of fused-ring (bicyclic) bond motifs is 3. The Hall–Kier alpha value is -1.90. The topological polar surface area (TPSA) is 251 Å². The second kappa shape index (κ2) is 21.3. The van der Waals surface area contributed by atoms with Crippen LogP contribution in [0.4, 0.5) is 4.79 Å². The zero-order valence-electron chi connectivity index (χ0n) is 26.3. The molecule has 0 heterocycles. The van der Waals surface area contributed by atoms with Crippen LogP contribution in [-0.4, -0.2) is 202 Å². The second-order valence-corrected chi connectivity index (χ2v) is 14.2. The monoisotopic (exact) mass is 810 g/mol. The molecule has 6 N–H and O–H groups in total. The molecule has 3 aromatic rings. The molecule has 0 unspecified atom stereocenters. The molecule has 1 aliphatic carbocycles. The van der Waals surface area contributed by atoms with Crippen molar-refractivity contribution >= 4 is 153 Å². The van der Waals surface area contributed by atoms with E-state index in [1.54, 1.807) is 30.3 Å². The van der Waals surface area contributed by atoms with Crippen molar-refractivity contribution in [2.45, 2.75) is 24.4 Å². The normalized spacial score (nSPS) is 13.0. The molecule has 16 nitrogen and oxygen atoms in total. The minimum atomic E-state index is -4.94. The van der Waals surface area contributed by atoms with Gasteiger partial charge in [0, 0.05) is 25.4 Å². The van der Waals surface area contributed by atoms with E-state index in [1.807, 2.05) is 59.2 Å². The molecule has 4 amide bonds. The van der Waals surface area contributed by atoms with Gasteiger partial charge in [-0.1, -0.05) is 78.9 Å². The first-order valence-electron chi connectivity index (χ1n) is 15.1. The van der Waals surface area contributed by atoms with Gasteiger partial charge in [-0.2, -0.15) is 16.8 Å². The van der Waals surface area contributed by atoms with Gasteiger partial charge in [0.25, 0.3) is 26.1 Å². The van der Waals surface area contributed by atoms with Crippen molar-refractivity contribution in [2.75, 3.05) is 31.2 Å². The third kappa shape index (κ3) is 14.4. The number of nitrogens with one attached hydrogen (secondary N) is 4. The molecule has 270 valence electrons. The SMILES string of the molecule is O=C(N[C@@H](CS(=O)(=O)O)C(=O)N[C@@H](CS(=O)(=O)O)C(=O)NCCNC(=O)C(=O)Cc1ccccc1)OCC1c2ccccc2-c2ccccc21.[KH].[KH]. The predicted octanol–water partition coefficient (Wildman–Crippen LogP) is -1.10. The Bertz CT molecular complexity index is 1940. The molecule has 20 heteroatoms. The van der Waals surface area contributed by atoms with E-state index in [1.165, 1.54) is 0 Å². The molecule has 2 atom stereocenters. The quantitative estimate of drug-likeness (QED) is 0.0437. The van der Waals surface area contributed by atoms with E-state index < -0.39 is 79.3 Å². The Morgan fingerprint density at radius 3 is 1.67 bits per heavy atom. The number of alkyl carbamates (subject to hydrolysis) is 1. The van der Waals surface area contributed by atoms with Gasteiger partial charge < -0.3 is 26.0 Å². The number of amides is 4. The Morgan fingerprint density at radius 1 is 0.654 bits per heavy atom. The number of hydrogen-bond acceptors (Lipinski definition) is 10. The van der Waals surface area contributed by atoms with Crippen molar-refractivity contribution in [1.82, 2.24) is 21.3 Å². The number of carbonyl (C=O) groups is 5. The summed E-state index contributed by atoms with van der Waals surface area (Å²) in [4.78, 5) is 62.9. The van der Waals surface area contributed by atoms with Gasteiger partial charge in [-0.15, -0.1) is 0 Å². The molecule has 3 aromatic carbocycles. The van der Waals surface area contributed by atoms with E-state index in [9.17, 15) is 49.9 Å². The van der Waals surface area contributed by atoms with Crippen LogP contribution in [0.25, 0.3) is 11.1 Å². The van der Waals surface area contributed by atoms with Gasteiger partial charge in [0.2, 0.25) is 17.6 Å². The van der Waals surface area contributed by atoms with E-state index in [-0.39, 0.29) is 129 Å². The van der Waals surface area contributed by atoms with E-state index in [4.69, 9.17) is 4.74 Å². The summed E-state index contributed by atoms with van der Waals surface area (Å²) in [6.45, 7) is -0.859. The molecular formula is C32H36K2N4O12S2. The molecule has 4 rings (SSSR count). The minimum absolute atomic E-state index is 0. The van der Waals surface area contributed by atoms with Crippen LogP contribution in [0.3, 0.4) is 0 Å². The Kier molecular flexibility index (Phi) is 18.9. The summed E-state index contributed by atoms with van der Waals surface area (Å²) in [5, 5.41) is 8.45. The first-order chi connectivity index (χ1) is 23.6. The summed E-state index contributed by atoms with van der Waals surface area (Å²) in [7, 11) is -9.86. The fraction of sp³-hybridized carbons (Fsp3) is 0.281. The van der Waals surface area contributed by atoms with Crippen LogP contribution in [0.15, 0.2) is 78.9 Å². The zero-order valence-corrected chi connectivity index (χ0v) is 27.9. The zero-order chi connectivity index (χ0) is 36.5. The Morgan fingerprint density at radius 2 is 1.13 bits per heavy atom. The summed E-state index contributed by atoms with van der Waals surface area (Å²) in [6, 6.07) is 19.2. The first kappa shape index (κ1) is 46.3. The third-order valence-electron chi connectivity index (χ3n) is 7.51. The second-order valence-electron chi connectivity index (χ2n) is 11.2. The summed E-state index contributed by atoms with van der Waals surface area (Å²) < 4.78 is 70.8. The van der Waals surface area contributed by atoms with Gasteiger partial charge in [-0.05, 0) is 27.8 Å². The Balaban J connectivity index is 0.00000468. The van der Waals surface area contributed by atoms with Crippen LogP contribution in [0.2, 0.25) is 0 Å². The van der Waals surface area contributed by atoms with Crippen LogP contribution in [0.5, 0.6) is 0 Å². The van der Waals surface area contributed by atoms with Crippen LogP contribution in [0.1, 0.15) is 22.6 Å². The predicted molar refractivity (Wildman–Crippen MR) is 192 cm³/mol. The van der Waals surface area contributed by atoms with Gasteiger partial charge >= 0.3 is 109 Å². The molecule has 0 fully saturated rings. The van der Waals surface area contributed by atoms with Crippen molar-refractivity contribution in [3.63, 3.8) is 0 Å². The average molecular weight is 811 g/mol. The summed E-state index contributed by atoms with van der Waals surface area (Å²) in [6.07, 6.45) is -1.43. The van der Waals surface area contributed by atoms with Crippen molar-refractivity contribution in [3.8, 4) is 11.1 Å². The number of rotatable bonds is 16. The standard InChI is InChI=1S/C32H34N4O12S2.2K.2H/c37-28(16-20-8-2-1-3-9-20)31(40)34-15-14-33-29(38)26(18-49(42,43)44)35-30(39)27(19-50(45,46)47)36-32(41)48-17-25-23-12-6-4-10-21(23)22-11-5-7-13-24(22)25;;;;/h1-13,25-27H,14-19H2,(H,33,38)(H,34,40)(H,35,39)(H,36,41)(H,42,43,44)(H,45,46,47);;;;/t26-,27-;;;;/m0..../s1. The van der Waals surface area contributed by atoms with Gasteiger partial charge in [-0.25, -0.2) is 4.79 Å². The number of hydrogen-bond donors (Lipinski definition) is 6. The van der Waals surface area contributed by atoms with Crippen LogP contribution < -0.4 is 21.3 Å². The van der Waals surface area contributed by atoms with E-state index in [2.05, 4.69) is 10.6 Å². The molecule has 1 aliphatic rings. The molecule has 0 saturated carbocycles.